The third-order valence-corrected chi connectivity index (χ3v) is 4.77. The maximum atomic E-state index is 12.2. The van der Waals surface area contributed by atoms with Crippen molar-refractivity contribution >= 4 is 50.5 Å². The minimum Gasteiger partial charge on any atom is -0.280 e. The van der Waals surface area contributed by atoms with Crippen LogP contribution in [0, 0.1) is 6.92 Å². The highest BCUT2D eigenvalue weighted by atomic mass is 35.5. The van der Waals surface area contributed by atoms with Gasteiger partial charge in [-0.2, -0.15) is 0 Å². The van der Waals surface area contributed by atoms with E-state index in [1.54, 1.807) is 18.2 Å². The lowest BCUT2D eigenvalue weighted by molar-refractivity contribution is 0.601. The molecule has 0 radical (unpaired) electrons. The Balaban J connectivity index is 2.37. The van der Waals surface area contributed by atoms with Crippen molar-refractivity contribution in [2.24, 2.45) is 0 Å². The fraction of sp³-hybridized carbons (Fsp3) is 0.0769. The maximum Gasteiger partial charge on any atom is 0.261 e. The number of halogens is 3. The van der Waals surface area contributed by atoms with Crippen LogP contribution in [0.3, 0.4) is 0 Å². The molecule has 3 nitrogen and oxygen atoms in total. The molecule has 106 valence electrons. The van der Waals surface area contributed by atoms with Gasteiger partial charge in [0.2, 0.25) is 0 Å². The van der Waals surface area contributed by atoms with Gasteiger partial charge < -0.3 is 0 Å². The summed E-state index contributed by atoms with van der Waals surface area (Å²) in [5, 5.41) is 0.981. The van der Waals surface area contributed by atoms with Gasteiger partial charge in [-0.1, -0.05) is 40.9 Å². The first-order valence-corrected chi connectivity index (χ1v) is 8.15. The average Bonchev–Trinajstić information content (AvgIpc) is 2.32. The standard InChI is InChI=1S/C13H10Cl3NO2S/c1-8-2-3-11(7-13(8)16)17-20(18,19)12-5-9(14)4-10(15)6-12/h2-7,17H,1H3. The van der Waals surface area contributed by atoms with Crippen LogP contribution in [0.5, 0.6) is 0 Å². The summed E-state index contributed by atoms with van der Waals surface area (Å²) in [5.41, 5.74) is 1.23. The number of benzene rings is 2. The summed E-state index contributed by atoms with van der Waals surface area (Å²) in [6.07, 6.45) is 0. The van der Waals surface area contributed by atoms with Gasteiger partial charge in [0, 0.05) is 15.1 Å². The largest absolute Gasteiger partial charge is 0.280 e. The Labute approximate surface area is 132 Å². The van der Waals surface area contributed by atoms with Gasteiger partial charge in [0.1, 0.15) is 0 Å². The van der Waals surface area contributed by atoms with Crippen LogP contribution in [-0.2, 0) is 10.0 Å². The van der Waals surface area contributed by atoms with Crippen LogP contribution in [0.15, 0.2) is 41.3 Å². The first kappa shape index (κ1) is 15.4. The topological polar surface area (TPSA) is 46.2 Å². The highest BCUT2D eigenvalue weighted by Crippen LogP contribution is 2.26. The summed E-state index contributed by atoms with van der Waals surface area (Å²) in [6, 6.07) is 9.01. The van der Waals surface area contributed by atoms with Crippen molar-refractivity contribution in [3.63, 3.8) is 0 Å². The zero-order valence-electron chi connectivity index (χ0n) is 10.3. The Bertz CT molecular complexity index is 740. The summed E-state index contributed by atoms with van der Waals surface area (Å²) >= 11 is 17.6. The highest BCUT2D eigenvalue weighted by molar-refractivity contribution is 7.92. The van der Waals surface area contributed by atoms with Gasteiger partial charge in [0.15, 0.2) is 0 Å². The summed E-state index contributed by atoms with van der Waals surface area (Å²) in [6.45, 7) is 1.83. The predicted molar refractivity (Wildman–Crippen MR) is 83.5 cm³/mol. The van der Waals surface area contributed by atoms with E-state index >= 15 is 0 Å². The molecule has 0 fully saturated rings. The Morgan fingerprint density at radius 3 is 2.10 bits per heavy atom. The van der Waals surface area contributed by atoms with Crippen molar-refractivity contribution in [3.8, 4) is 0 Å². The molecule has 20 heavy (non-hydrogen) atoms. The SMILES string of the molecule is Cc1ccc(NS(=O)(=O)c2cc(Cl)cc(Cl)c2)cc1Cl. The fourth-order valence-corrected chi connectivity index (χ4v) is 3.51. The number of rotatable bonds is 3. The van der Waals surface area contributed by atoms with Crippen molar-refractivity contribution in [2.45, 2.75) is 11.8 Å². The second-order valence-corrected chi connectivity index (χ2v) is 7.14. The first-order valence-electron chi connectivity index (χ1n) is 5.53. The van der Waals surface area contributed by atoms with Crippen LogP contribution >= 0.6 is 34.8 Å². The lowest BCUT2D eigenvalue weighted by Gasteiger charge is -2.10. The number of nitrogens with one attached hydrogen (secondary N) is 1. The minimum absolute atomic E-state index is 0.00769. The van der Waals surface area contributed by atoms with E-state index in [2.05, 4.69) is 4.72 Å². The van der Waals surface area contributed by atoms with Crippen LogP contribution in [-0.4, -0.2) is 8.42 Å². The molecule has 0 aliphatic rings. The molecule has 2 rings (SSSR count). The van der Waals surface area contributed by atoms with Crippen LogP contribution in [0.2, 0.25) is 15.1 Å². The van der Waals surface area contributed by atoms with Gasteiger partial charge in [-0.15, -0.1) is 0 Å². The Morgan fingerprint density at radius 1 is 0.950 bits per heavy atom. The molecule has 0 aliphatic heterocycles. The molecule has 0 aliphatic carbocycles. The van der Waals surface area contributed by atoms with Crippen LogP contribution in [0.4, 0.5) is 5.69 Å². The highest BCUT2D eigenvalue weighted by Gasteiger charge is 2.16. The Kier molecular flexibility index (Phi) is 4.49. The van der Waals surface area contributed by atoms with E-state index in [1.165, 1.54) is 18.2 Å². The number of sulfonamides is 1. The fourth-order valence-electron chi connectivity index (χ4n) is 1.55. The van der Waals surface area contributed by atoms with Gasteiger partial charge in [0.25, 0.3) is 10.0 Å². The Hall–Kier alpha value is -0.940. The second-order valence-electron chi connectivity index (χ2n) is 4.17. The Morgan fingerprint density at radius 2 is 1.55 bits per heavy atom. The smallest absolute Gasteiger partial charge is 0.261 e. The van der Waals surface area contributed by atoms with E-state index in [4.69, 9.17) is 34.8 Å². The molecule has 0 amide bonds. The van der Waals surface area contributed by atoms with E-state index in [0.29, 0.717) is 10.7 Å². The lowest BCUT2D eigenvalue weighted by Crippen LogP contribution is -2.13. The molecular formula is C13H10Cl3NO2S. The van der Waals surface area contributed by atoms with Crippen molar-refractivity contribution in [3.05, 3.63) is 57.0 Å². The van der Waals surface area contributed by atoms with Crippen LogP contribution in [0.1, 0.15) is 5.56 Å². The summed E-state index contributed by atoms with van der Waals surface area (Å²) in [5.74, 6) is 0. The molecule has 0 atom stereocenters. The average molecular weight is 351 g/mol. The number of hydrogen-bond acceptors (Lipinski definition) is 2. The van der Waals surface area contributed by atoms with Crippen molar-refractivity contribution < 1.29 is 8.42 Å². The van der Waals surface area contributed by atoms with E-state index in [-0.39, 0.29) is 14.9 Å². The lowest BCUT2D eigenvalue weighted by atomic mass is 10.2. The monoisotopic (exact) mass is 349 g/mol. The molecule has 0 saturated carbocycles. The summed E-state index contributed by atoms with van der Waals surface area (Å²) in [4.78, 5) is -0.00769. The third kappa shape index (κ3) is 3.58. The van der Waals surface area contributed by atoms with Crippen LogP contribution < -0.4 is 4.72 Å². The summed E-state index contributed by atoms with van der Waals surface area (Å²) in [7, 11) is -3.77. The van der Waals surface area contributed by atoms with Crippen molar-refractivity contribution in [2.75, 3.05) is 4.72 Å². The quantitative estimate of drug-likeness (QED) is 0.867. The normalized spacial score (nSPS) is 11.4. The zero-order valence-corrected chi connectivity index (χ0v) is 13.4. The van der Waals surface area contributed by atoms with E-state index in [9.17, 15) is 8.42 Å². The molecule has 2 aromatic rings. The molecular weight excluding hydrogens is 341 g/mol. The van der Waals surface area contributed by atoms with Crippen molar-refractivity contribution in [1.82, 2.24) is 0 Å². The molecule has 0 unspecified atom stereocenters. The van der Waals surface area contributed by atoms with Gasteiger partial charge in [0.05, 0.1) is 10.6 Å². The van der Waals surface area contributed by atoms with Gasteiger partial charge in [-0.05, 0) is 42.8 Å². The molecule has 7 heteroatoms. The van der Waals surface area contributed by atoms with Crippen LogP contribution in [0.25, 0.3) is 0 Å². The zero-order chi connectivity index (χ0) is 14.9. The van der Waals surface area contributed by atoms with Gasteiger partial charge >= 0.3 is 0 Å². The molecule has 0 saturated heterocycles. The molecule has 0 aromatic heterocycles. The molecule has 0 spiro atoms. The second kappa shape index (κ2) is 5.82. The number of anilines is 1. The van der Waals surface area contributed by atoms with Gasteiger partial charge in [-0.25, -0.2) is 8.42 Å². The number of hydrogen-bond donors (Lipinski definition) is 1. The summed E-state index contributed by atoms with van der Waals surface area (Å²) < 4.78 is 26.9. The van der Waals surface area contributed by atoms with Crippen molar-refractivity contribution in [1.29, 1.82) is 0 Å². The first-order chi connectivity index (χ1) is 9.28. The van der Waals surface area contributed by atoms with Gasteiger partial charge in [-0.3, -0.25) is 4.72 Å². The molecule has 1 N–H and O–H groups in total. The maximum absolute atomic E-state index is 12.2. The van der Waals surface area contributed by atoms with E-state index < -0.39 is 10.0 Å². The molecule has 0 heterocycles. The predicted octanol–water partition coefficient (Wildman–Crippen LogP) is 4.76. The molecule has 0 bridgehead atoms. The molecule has 2 aromatic carbocycles. The van der Waals surface area contributed by atoms with E-state index in [0.717, 1.165) is 5.56 Å². The third-order valence-electron chi connectivity index (χ3n) is 2.57. The van der Waals surface area contributed by atoms with E-state index in [1.807, 2.05) is 6.92 Å². The number of aryl methyl sites for hydroxylation is 1. The minimum atomic E-state index is -3.77.